The molecule has 0 amide bonds. The van der Waals surface area contributed by atoms with Gasteiger partial charge in [-0.3, -0.25) is 8.97 Å². The van der Waals surface area contributed by atoms with Gasteiger partial charge in [-0.05, 0) is 128 Å². The van der Waals surface area contributed by atoms with Gasteiger partial charge in [0.2, 0.25) is 5.78 Å². The smallest absolute Gasteiger partial charge is 0.220 e. The molecule has 10 aromatic carbocycles. The molecule has 2 aliphatic carbocycles. The van der Waals surface area contributed by atoms with Crippen LogP contribution in [0.1, 0.15) is 22.3 Å². The molecule has 14 rings (SSSR count). The van der Waals surface area contributed by atoms with Crippen molar-refractivity contribution >= 4 is 44.9 Å². The number of nitrogens with zero attached hydrogens (tertiary/aromatic N) is 4. The number of rotatable bonds is 6. The number of imidazole rings is 2. The molecule has 0 fully saturated rings. The molecule has 0 bridgehead atoms. The highest BCUT2D eigenvalue weighted by Gasteiger charge is 2.53. The lowest BCUT2D eigenvalue weighted by Gasteiger charge is -2.36. The van der Waals surface area contributed by atoms with Crippen molar-refractivity contribution in [1.29, 1.82) is 0 Å². The number of anilines is 3. The highest BCUT2D eigenvalue weighted by Crippen LogP contribution is 2.65. The van der Waals surface area contributed by atoms with Crippen molar-refractivity contribution in [2.24, 2.45) is 0 Å². The number of para-hydroxylation sites is 4. The minimum Gasteiger partial charge on any atom is -0.310 e. The first-order valence-electron chi connectivity index (χ1n) is 22.7. The highest BCUT2D eigenvalue weighted by atomic mass is 15.2. The summed E-state index contributed by atoms with van der Waals surface area (Å²) in [4.78, 5) is 7.59. The largest absolute Gasteiger partial charge is 0.310 e. The Morgan fingerprint density at radius 3 is 1.41 bits per heavy atom. The monoisotopic (exact) mass is 840 g/mol. The van der Waals surface area contributed by atoms with Gasteiger partial charge >= 0.3 is 0 Å². The van der Waals surface area contributed by atoms with Crippen LogP contribution < -0.4 is 4.90 Å². The maximum atomic E-state index is 5.11. The van der Waals surface area contributed by atoms with Crippen molar-refractivity contribution in [2.75, 3.05) is 4.90 Å². The Kier molecular flexibility index (Phi) is 7.87. The van der Waals surface area contributed by atoms with Crippen LogP contribution in [0.2, 0.25) is 0 Å². The fraction of sp³-hybridized carbons (Fsp3) is 0.0161. The Morgan fingerprint density at radius 1 is 0.348 bits per heavy atom. The SMILES string of the molecule is c1ccc(-c2ccc(N(c3ccc(-c4ccc(-n5c6ccccc6n6c7ccccc7nc56)cc4)cc3)c3cccc4c3C3(c5ccccc5-c5ccccc53)c3ccccc3-4)cc2)cc1. The van der Waals surface area contributed by atoms with Gasteiger partial charge in [-0.2, -0.15) is 0 Å². The van der Waals surface area contributed by atoms with E-state index in [-0.39, 0.29) is 0 Å². The molecule has 2 aliphatic rings. The van der Waals surface area contributed by atoms with E-state index in [2.05, 4.69) is 257 Å². The Hall–Kier alpha value is -8.73. The van der Waals surface area contributed by atoms with E-state index in [4.69, 9.17) is 4.98 Å². The van der Waals surface area contributed by atoms with Crippen molar-refractivity contribution < 1.29 is 0 Å². The second kappa shape index (κ2) is 14.1. The average Bonchev–Trinajstić information content (AvgIpc) is 4.11. The van der Waals surface area contributed by atoms with Gasteiger partial charge in [0.1, 0.15) is 0 Å². The summed E-state index contributed by atoms with van der Waals surface area (Å²) in [5.41, 5.74) is 23.4. The molecule has 0 aliphatic heterocycles. The van der Waals surface area contributed by atoms with Gasteiger partial charge in [-0.25, -0.2) is 4.98 Å². The molecule has 12 aromatic rings. The Morgan fingerprint density at radius 2 is 0.803 bits per heavy atom. The maximum absolute atomic E-state index is 5.11. The molecular weight excluding hydrogens is 801 g/mol. The molecule has 0 saturated carbocycles. The fourth-order valence-corrected chi connectivity index (χ4v) is 11.4. The second-order valence-electron chi connectivity index (χ2n) is 17.5. The summed E-state index contributed by atoms with van der Waals surface area (Å²) in [6.07, 6.45) is 0. The molecular formula is C62H40N4. The van der Waals surface area contributed by atoms with Gasteiger partial charge in [0.25, 0.3) is 0 Å². The quantitative estimate of drug-likeness (QED) is 0.167. The third-order valence-corrected chi connectivity index (χ3v) is 14.2. The number of aromatic nitrogens is 3. The predicted molar refractivity (Wildman–Crippen MR) is 271 cm³/mol. The van der Waals surface area contributed by atoms with Crippen LogP contribution in [0.4, 0.5) is 17.1 Å². The summed E-state index contributed by atoms with van der Waals surface area (Å²) < 4.78 is 4.54. The molecule has 2 heterocycles. The summed E-state index contributed by atoms with van der Waals surface area (Å²) in [7, 11) is 0. The highest BCUT2D eigenvalue weighted by molar-refractivity contribution is 6.00. The molecule has 0 saturated heterocycles. The lowest BCUT2D eigenvalue weighted by Crippen LogP contribution is -2.28. The molecule has 4 heteroatoms. The van der Waals surface area contributed by atoms with Crippen molar-refractivity contribution in [3.05, 3.63) is 265 Å². The molecule has 0 radical (unpaired) electrons. The zero-order valence-electron chi connectivity index (χ0n) is 35.9. The van der Waals surface area contributed by atoms with Crippen LogP contribution in [0.3, 0.4) is 0 Å². The van der Waals surface area contributed by atoms with Crippen LogP contribution in [0, 0.1) is 0 Å². The average molecular weight is 841 g/mol. The summed E-state index contributed by atoms with van der Waals surface area (Å²) >= 11 is 0. The van der Waals surface area contributed by atoms with Gasteiger partial charge in [0.15, 0.2) is 0 Å². The van der Waals surface area contributed by atoms with Crippen LogP contribution >= 0.6 is 0 Å². The minimum absolute atomic E-state index is 0.501. The van der Waals surface area contributed by atoms with E-state index < -0.39 is 5.41 Å². The second-order valence-corrected chi connectivity index (χ2v) is 17.5. The van der Waals surface area contributed by atoms with E-state index in [1.807, 2.05) is 0 Å². The maximum Gasteiger partial charge on any atom is 0.220 e. The van der Waals surface area contributed by atoms with Gasteiger partial charge in [0, 0.05) is 22.6 Å². The lowest BCUT2D eigenvalue weighted by molar-refractivity contribution is 0.793. The Bertz CT molecular complexity index is 3790. The standard InChI is InChI=1S/C62H40N4/c1-2-15-41(16-3-1)42-29-35-45(36-30-42)64(59-28-14-20-51-50-19-6-9-23-54(50)62(60(51)59)52-21-7-4-17-48(52)49-18-5-8-22-53(49)62)46-37-31-43(32-38-46)44-33-39-47(40-34-44)65-57-26-12-13-27-58(57)66-56-25-11-10-24-55(56)63-61(65)66/h1-40H. The Balaban J connectivity index is 0.921. The van der Waals surface area contributed by atoms with Gasteiger partial charge in [0.05, 0.1) is 33.2 Å². The number of fused-ring (bicyclic) bond motifs is 15. The first kappa shape index (κ1) is 36.7. The zero-order valence-corrected chi connectivity index (χ0v) is 35.9. The van der Waals surface area contributed by atoms with Crippen LogP contribution in [-0.4, -0.2) is 14.0 Å². The van der Waals surface area contributed by atoms with Crippen molar-refractivity contribution in [2.45, 2.75) is 5.41 Å². The summed E-state index contributed by atoms with van der Waals surface area (Å²) in [6, 6.07) is 88.8. The van der Waals surface area contributed by atoms with Crippen molar-refractivity contribution in [3.8, 4) is 50.2 Å². The summed E-state index contributed by atoms with van der Waals surface area (Å²) in [5.74, 6) is 0.910. The zero-order chi connectivity index (χ0) is 43.3. The molecule has 1 spiro atoms. The van der Waals surface area contributed by atoms with E-state index in [0.29, 0.717) is 0 Å². The fourth-order valence-electron chi connectivity index (χ4n) is 11.4. The minimum atomic E-state index is -0.501. The molecule has 4 nitrogen and oxygen atoms in total. The number of hydrogen-bond donors (Lipinski definition) is 0. The third-order valence-electron chi connectivity index (χ3n) is 14.2. The predicted octanol–water partition coefficient (Wildman–Crippen LogP) is 15.6. The van der Waals surface area contributed by atoms with Crippen molar-refractivity contribution in [1.82, 2.24) is 14.0 Å². The van der Waals surface area contributed by atoms with Crippen LogP contribution in [0.25, 0.3) is 78.0 Å². The molecule has 66 heavy (non-hydrogen) atoms. The number of hydrogen-bond acceptors (Lipinski definition) is 2. The van der Waals surface area contributed by atoms with E-state index in [1.54, 1.807) is 0 Å². The van der Waals surface area contributed by atoms with Crippen LogP contribution in [0.5, 0.6) is 0 Å². The first-order chi connectivity index (χ1) is 32.8. The number of benzene rings is 10. The van der Waals surface area contributed by atoms with E-state index in [0.717, 1.165) is 61.7 Å². The Labute approximate surface area is 382 Å². The van der Waals surface area contributed by atoms with E-state index in [9.17, 15) is 0 Å². The van der Waals surface area contributed by atoms with Gasteiger partial charge in [-0.1, -0.05) is 176 Å². The molecule has 2 aromatic heterocycles. The third kappa shape index (κ3) is 5.12. The first-order valence-corrected chi connectivity index (χ1v) is 22.7. The van der Waals surface area contributed by atoms with Gasteiger partial charge in [-0.15, -0.1) is 0 Å². The van der Waals surface area contributed by atoms with Crippen molar-refractivity contribution in [3.63, 3.8) is 0 Å². The van der Waals surface area contributed by atoms with Crippen LogP contribution in [0.15, 0.2) is 243 Å². The molecule has 0 atom stereocenters. The molecule has 308 valence electrons. The summed E-state index contributed by atoms with van der Waals surface area (Å²) in [6.45, 7) is 0. The topological polar surface area (TPSA) is 25.5 Å². The normalized spacial score (nSPS) is 13.0. The van der Waals surface area contributed by atoms with Crippen LogP contribution in [-0.2, 0) is 5.41 Å². The lowest BCUT2D eigenvalue weighted by atomic mass is 9.70. The molecule has 0 unspecified atom stereocenters. The summed E-state index contributed by atoms with van der Waals surface area (Å²) in [5, 5.41) is 0. The van der Waals surface area contributed by atoms with E-state index >= 15 is 0 Å². The van der Waals surface area contributed by atoms with E-state index in [1.165, 1.54) is 55.6 Å². The van der Waals surface area contributed by atoms with Gasteiger partial charge < -0.3 is 4.90 Å². The molecule has 0 N–H and O–H groups in total.